The molecule has 1 aliphatic rings. The number of nitriles is 1. The number of nitrogens with one attached hydrogen (secondary N) is 1. The van der Waals surface area contributed by atoms with Crippen molar-refractivity contribution >= 4 is 44.4 Å². The number of alkyl halides is 3. The predicted octanol–water partition coefficient (Wildman–Crippen LogP) is 7.25. The first-order chi connectivity index (χ1) is 21.7. The summed E-state index contributed by atoms with van der Waals surface area (Å²) in [5, 5.41) is 26.0. The van der Waals surface area contributed by atoms with E-state index >= 15 is 0 Å². The Balaban J connectivity index is 1.34. The van der Waals surface area contributed by atoms with Gasteiger partial charge in [0.25, 0.3) is 0 Å². The lowest BCUT2D eigenvalue weighted by Crippen LogP contribution is -2.31. The first kappa shape index (κ1) is 30.8. The Morgan fingerprint density at radius 1 is 1.18 bits per heavy atom. The van der Waals surface area contributed by atoms with Crippen molar-refractivity contribution in [3.8, 4) is 27.9 Å². The highest BCUT2D eigenvalue weighted by atomic mass is 32.1. The van der Waals surface area contributed by atoms with Crippen LogP contribution in [0.15, 0.2) is 59.1 Å². The van der Waals surface area contributed by atoms with E-state index in [0.29, 0.717) is 40.1 Å². The van der Waals surface area contributed by atoms with Crippen LogP contribution in [0, 0.1) is 17.1 Å². The molecule has 3 aromatic heterocycles. The van der Waals surface area contributed by atoms with Gasteiger partial charge in [0.15, 0.2) is 5.71 Å². The van der Waals surface area contributed by atoms with Crippen molar-refractivity contribution in [1.82, 2.24) is 19.4 Å². The summed E-state index contributed by atoms with van der Waals surface area (Å²) in [6, 6.07) is 12.8. The molecule has 0 bridgehead atoms. The highest BCUT2D eigenvalue weighted by molar-refractivity contribution is 7.16. The van der Waals surface area contributed by atoms with Crippen molar-refractivity contribution < 1.29 is 22.7 Å². The van der Waals surface area contributed by atoms with E-state index in [1.54, 1.807) is 16.7 Å². The average molecular weight is 654 g/mol. The number of nitrogens with zero attached hydrogens (tertiary/aromatic N) is 6. The zero-order valence-electron chi connectivity index (χ0n) is 24.0. The largest absolute Gasteiger partial charge is 0.435 e. The third-order valence-electron chi connectivity index (χ3n) is 7.73. The molecule has 2 aromatic carbocycles. The Hall–Kier alpha value is -4.16. The summed E-state index contributed by atoms with van der Waals surface area (Å²) < 4.78 is 58.8. The molecule has 8 nitrogen and oxygen atoms in total. The standard InChI is InChI=1S/C31H27F4N7OS2/c1-2-41-15-24(23-12-19(7-10-25(23)41)29-37-21(17-44-29)14-42-11-3-4-22(42)16-43)28(31(33,34)35)39-40-30-38-27(26(13-36)45-30)18-5-8-20(32)9-6-18/h5-10,12,15,17,22,43H,2-4,11,14,16H2,1H3,(H,38,40)/b39-28-/t22-/m0/s1. The van der Waals surface area contributed by atoms with Gasteiger partial charge in [-0.3, -0.25) is 10.3 Å². The monoisotopic (exact) mass is 653 g/mol. The van der Waals surface area contributed by atoms with Crippen molar-refractivity contribution in [2.45, 2.75) is 45.1 Å². The lowest BCUT2D eigenvalue weighted by atomic mass is 10.1. The Morgan fingerprint density at radius 3 is 2.67 bits per heavy atom. The topological polar surface area (TPSA) is 102 Å². The van der Waals surface area contributed by atoms with Crippen LogP contribution >= 0.6 is 22.7 Å². The highest BCUT2D eigenvalue weighted by Gasteiger charge is 2.39. The number of aliphatic hydroxyl groups is 1. The second-order valence-electron chi connectivity index (χ2n) is 10.5. The second kappa shape index (κ2) is 12.7. The zero-order chi connectivity index (χ0) is 31.7. The number of benzene rings is 2. The van der Waals surface area contributed by atoms with Crippen molar-refractivity contribution in [1.29, 1.82) is 5.26 Å². The number of aromatic nitrogens is 3. The normalized spacial score (nSPS) is 16.0. The molecule has 1 atom stereocenters. The lowest BCUT2D eigenvalue weighted by molar-refractivity contribution is -0.0580. The van der Waals surface area contributed by atoms with Gasteiger partial charge >= 0.3 is 6.18 Å². The van der Waals surface area contributed by atoms with Gasteiger partial charge in [0.2, 0.25) is 5.13 Å². The molecule has 6 rings (SSSR count). The van der Waals surface area contributed by atoms with Gasteiger partial charge in [0.05, 0.1) is 12.3 Å². The zero-order valence-corrected chi connectivity index (χ0v) is 25.6. The number of fused-ring (bicyclic) bond motifs is 1. The Morgan fingerprint density at radius 2 is 1.96 bits per heavy atom. The van der Waals surface area contributed by atoms with Gasteiger partial charge < -0.3 is 9.67 Å². The number of thiazole rings is 2. The van der Waals surface area contributed by atoms with Crippen LogP contribution in [0.25, 0.3) is 32.7 Å². The summed E-state index contributed by atoms with van der Waals surface area (Å²) in [5.74, 6) is -0.465. The van der Waals surface area contributed by atoms with E-state index in [9.17, 15) is 27.9 Å². The molecule has 0 spiro atoms. The highest BCUT2D eigenvalue weighted by Crippen LogP contribution is 2.35. The smallest absolute Gasteiger partial charge is 0.395 e. The first-order valence-corrected chi connectivity index (χ1v) is 15.9. The maximum absolute atomic E-state index is 14.6. The number of rotatable bonds is 9. The molecule has 232 valence electrons. The van der Waals surface area contributed by atoms with Crippen LogP contribution in [-0.4, -0.2) is 55.6 Å². The fourth-order valence-electron chi connectivity index (χ4n) is 5.54. The quantitative estimate of drug-likeness (QED) is 0.0987. The number of hydrogen-bond donors (Lipinski definition) is 2. The third kappa shape index (κ3) is 6.34. The number of anilines is 1. The molecule has 1 aliphatic heterocycles. The summed E-state index contributed by atoms with van der Waals surface area (Å²) in [6.07, 6.45) is -1.43. The Bertz CT molecular complexity index is 1900. The first-order valence-electron chi connectivity index (χ1n) is 14.2. The van der Waals surface area contributed by atoms with Gasteiger partial charge in [-0.15, -0.1) is 11.3 Å². The maximum Gasteiger partial charge on any atom is 0.435 e. The molecule has 0 saturated carbocycles. The van der Waals surface area contributed by atoms with Gasteiger partial charge in [-0.25, -0.2) is 14.4 Å². The number of hydrogen-bond acceptors (Lipinski definition) is 9. The lowest BCUT2D eigenvalue weighted by Gasteiger charge is -2.21. The molecule has 0 radical (unpaired) electrons. The molecular weight excluding hydrogens is 627 g/mol. The fraction of sp³-hybridized carbons (Fsp3) is 0.290. The van der Waals surface area contributed by atoms with Crippen molar-refractivity contribution in [3.63, 3.8) is 0 Å². The van der Waals surface area contributed by atoms with Gasteiger partial charge in [-0.1, -0.05) is 11.3 Å². The van der Waals surface area contributed by atoms with Gasteiger partial charge in [-0.05, 0) is 68.8 Å². The van der Waals surface area contributed by atoms with Crippen molar-refractivity contribution in [3.05, 3.63) is 76.0 Å². The Kier molecular flexibility index (Phi) is 8.69. The Labute approximate surface area is 263 Å². The molecule has 1 saturated heterocycles. The SMILES string of the molecule is CCn1cc(/C(=N/Nc2nc(-c3ccc(F)cc3)c(C#N)s2)C(F)(F)F)c2cc(-c3nc(CN4CCC[C@H]4CO)cs3)ccc21. The summed E-state index contributed by atoms with van der Waals surface area (Å²) in [5.41, 5.74) is 4.00. The van der Waals surface area contributed by atoms with Crippen LogP contribution in [0.5, 0.6) is 0 Å². The third-order valence-corrected chi connectivity index (χ3v) is 9.53. The van der Waals surface area contributed by atoms with E-state index in [4.69, 9.17) is 4.98 Å². The molecule has 2 N–H and O–H groups in total. The molecule has 4 heterocycles. The summed E-state index contributed by atoms with van der Waals surface area (Å²) >= 11 is 2.28. The molecule has 0 amide bonds. The molecule has 14 heteroatoms. The van der Waals surface area contributed by atoms with Crippen LogP contribution in [0.1, 0.15) is 35.9 Å². The molecular formula is C31H27F4N7OS2. The van der Waals surface area contributed by atoms with E-state index in [1.807, 2.05) is 24.4 Å². The van der Waals surface area contributed by atoms with E-state index in [-0.39, 0.29) is 33.9 Å². The van der Waals surface area contributed by atoms with Crippen molar-refractivity contribution in [2.75, 3.05) is 18.6 Å². The van der Waals surface area contributed by atoms with E-state index in [2.05, 4.69) is 20.4 Å². The van der Waals surface area contributed by atoms with Crippen LogP contribution in [0.4, 0.5) is 22.7 Å². The predicted molar refractivity (Wildman–Crippen MR) is 168 cm³/mol. The van der Waals surface area contributed by atoms with Gasteiger partial charge in [-0.2, -0.15) is 23.5 Å². The second-order valence-corrected chi connectivity index (χ2v) is 12.4. The molecule has 45 heavy (non-hydrogen) atoms. The summed E-state index contributed by atoms with van der Waals surface area (Å²) in [6.45, 7) is 3.88. The van der Waals surface area contributed by atoms with E-state index in [1.165, 1.54) is 41.8 Å². The number of aryl methyl sites for hydroxylation is 1. The number of halogens is 4. The molecule has 0 unspecified atom stereocenters. The molecule has 5 aromatic rings. The number of aliphatic hydroxyl groups excluding tert-OH is 1. The fourth-order valence-corrected chi connectivity index (χ4v) is 7.07. The molecule has 0 aliphatic carbocycles. The minimum absolute atomic E-state index is 0.00991. The average Bonchev–Trinajstić information content (AvgIpc) is 3.83. The van der Waals surface area contributed by atoms with Crippen LogP contribution in [0.3, 0.4) is 0 Å². The van der Waals surface area contributed by atoms with E-state index in [0.717, 1.165) is 36.4 Å². The van der Waals surface area contributed by atoms with Gasteiger partial charge in [0.1, 0.15) is 27.5 Å². The number of likely N-dealkylation sites (tertiary alicyclic amines) is 1. The van der Waals surface area contributed by atoms with Crippen LogP contribution in [-0.2, 0) is 13.1 Å². The minimum atomic E-state index is -4.82. The molecule has 1 fully saturated rings. The van der Waals surface area contributed by atoms with Gasteiger partial charge in [0, 0.05) is 58.3 Å². The number of hydrazone groups is 1. The summed E-state index contributed by atoms with van der Waals surface area (Å²) in [7, 11) is 0. The van der Waals surface area contributed by atoms with Crippen LogP contribution in [0.2, 0.25) is 0 Å². The van der Waals surface area contributed by atoms with E-state index < -0.39 is 17.7 Å². The van der Waals surface area contributed by atoms with Crippen molar-refractivity contribution in [2.24, 2.45) is 5.10 Å². The minimum Gasteiger partial charge on any atom is -0.395 e. The van der Waals surface area contributed by atoms with Crippen LogP contribution < -0.4 is 5.43 Å². The maximum atomic E-state index is 14.6. The summed E-state index contributed by atoms with van der Waals surface area (Å²) in [4.78, 5) is 11.4.